The van der Waals surface area contributed by atoms with Crippen molar-refractivity contribution < 1.29 is 23.7 Å². The van der Waals surface area contributed by atoms with Gasteiger partial charge >= 0.3 is 0 Å². The summed E-state index contributed by atoms with van der Waals surface area (Å²) in [6.07, 6.45) is 8.90. The number of methoxy groups -OCH3 is 3. The predicted molar refractivity (Wildman–Crippen MR) is 200 cm³/mol. The van der Waals surface area contributed by atoms with Gasteiger partial charge in [0.2, 0.25) is 5.75 Å². The number of benzene rings is 5. The van der Waals surface area contributed by atoms with E-state index in [4.69, 9.17) is 18.9 Å². The van der Waals surface area contributed by atoms with E-state index in [0.717, 1.165) is 43.2 Å². The van der Waals surface area contributed by atoms with Gasteiger partial charge in [-0.1, -0.05) is 72.8 Å². The van der Waals surface area contributed by atoms with Gasteiger partial charge in [0.05, 0.1) is 34.1 Å². The Labute approximate surface area is 285 Å². The average Bonchev–Trinajstić information content (AvgIpc) is 3.16. The first-order chi connectivity index (χ1) is 23.6. The first-order valence-electron chi connectivity index (χ1n) is 16.4. The van der Waals surface area contributed by atoms with Crippen LogP contribution in [0.4, 0.5) is 0 Å². The van der Waals surface area contributed by atoms with Gasteiger partial charge in [0.15, 0.2) is 17.3 Å². The number of carbonyl (C=O) groups is 1. The summed E-state index contributed by atoms with van der Waals surface area (Å²) < 4.78 is 22.2. The highest BCUT2D eigenvalue weighted by atomic mass is 31.2. The normalized spacial score (nSPS) is 11.3. The lowest BCUT2D eigenvalue weighted by atomic mass is 10.1. The maximum absolute atomic E-state index is 12.9. The molecule has 0 atom stereocenters. The number of unbranched alkanes of at least 4 members (excludes halogenated alkanes) is 3. The van der Waals surface area contributed by atoms with Crippen molar-refractivity contribution >= 4 is 35.0 Å². The van der Waals surface area contributed by atoms with Crippen molar-refractivity contribution in [3.8, 4) is 23.0 Å². The van der Waals surface area contributed by atoms with Crippen molar-refractivity contribution in [3.05, 3.63) is 145 Å². The summed E-state index contributed by atoms with van der Waals surface area (Å²) in [7, 11) is 2.82. The molecule has 5 nitrogen and oxygen atoms in total. The van der Waals surface area contributed by atoms with Gasteiger partial charge in [0.1, 0.15) is 28.9 Å². The Kier molecular flexibility index (Phi) is 12.5. The van der Waals surface area contributed by atoms with Gasteiger partial charge in [-0.25, -0.2) is 0 Å². The zero-order chi connectivity index (χ0) is 33.6. The van der Waals surface area contributed by atoms with Gasteiger partial charge < -0.3 is 18.9 Å². The molecule has 0 amide bonds. The number of carbonyl (C=O) groups excluding carboxylic acids is 1. The number of allylic oxidation sites excluding steroid dienone is 1. The Morgan fingerprint density at radius 3 is 1.58 bits per heavy atom. The molecular formula is C42H44O5P+. The zero-order valence-corrected chi connectivity index (χ0v) is 28.9. The van der Waals surface area contributed by atoms with Gasteiger partial charge in [-0.3, -0.25) is 4.79 Å². The minimum absolute atomic E-state index is 0.162. The molecule has 0 aliphatic rings. The number of ether oxygens (including phenoxy) is 4. The summed E-state index contributed by atoms with van der Waals surface area (Å²) in [4.78, 5) is 12.9. The molecule has 0 radical (unpaired) electrons. The van der Waals surface area contributed by atoms with Crippen molar-refractivity contribution in [1.82, 2.24) is 0 Å². The van der Waals surface area contributed by atoms with E-state index in [1.165, 1.54) is 37.2 Å². The average molecular weight is 660 g/mol. The molecule has 0 aliphatic carbocycles. The molecule has 0 aromatic heterocycles. The maximum Gasteiger partial charge on any atom is 0.203 e. The molecule has 48 heavy (non-hydrogen) atoms. The molecule has 0 aliphatic heterocycles. The highest BCUT2D eigenvalue weighted by Gasteiger charge is 2.44. The summed E-state index contributed by atoms with van der Waals surface area (Å²) in [6, 6.07) is 44.4. The summed E-state index contributed by atoms with van der Waals surface area (Å²) in [5.74, 6) is 2.00. The third kappa shape index (κ3) is 8.34. The van der Waals surface area contributed by atoms with Crippen LogP contribution >= 0.6 is 7.26 Å². The van der Waals surface area contributed by atoms with Crippen LogP contribution in [0.25, 0.3) is 6.08 Å². The van der Waals surface area contributed by atoms with E-state index in [-0.39, 0.29) is 5.78 Å². The van der Waals surface area contributed by atoms with Crippen molar-refractivity contribution in [3.63, 3.8) is 0 Å². The van der Waals surface area contributed by atoms with E-state index >= 15 is 0 Å². The summed E-state index contributed by atoms with van der Waals surface area (Å²) in [5, 5.41) is 4.32. The molecular weight excluding hydrogens is 615 g/mol. The summed E-state index contributed by atoms with van der Waals surface area (Å²) >= 11 is 0. The first kappa shape index (κ1) is 34.5. The number of hydrogen-bond acceptors (Lipinski definition) is 5. The van der Waals surface area contributed by atoms with E-state index in [1.54, 1.807) is 24.3 Å². The molecule has 0 unspecified atom stereocenters. The minimum atomic E-state index is -1.78. The second kappa shape index (κ2) is 17.3. The first-order valence-corrected chi connectivity index (χ1v) is 18.4. The van der Waals surface area contributed by atoms with Gasteiger partial charge in [0.25, 0.3) is 0 Å². The van der Waals surface area contributed by atoms with E-state index in [9.17, 15) is 4.79 Å². The third-order valence-electron chi connectivity index (χ3n) is 8.50. The molecule has 6 heteroatoms. The highest BCUT2D eigenvalue weighted by Crippen LogP contribution is 2.56. The fraction of sp³-hybridized carbons (Fsp3) is 0.214. The van der Waals surface area contributed by atoms with Crippen LogP contribution in [0.15, 0.2) is 133 Å². The van der Waals surface area contributed by atoms with Gasteiger partial charge in [-0.15, -0.1) is 0 Å². The van der Waals surface area contributed by atoms with Crippen LogP contribution in [0.3, 0.4) is 0 Å². The van der Waals surface area contributed by atoms with E-state index in [1.807, 2.05) is 24.3 Å². The Bertz CT molecular complexity index is 1630. The van der Waals surface area contributed by atoms with Crippen LogP contribution in [-0.4, -0.2) is 39.9 Å². The van der Waals surface area contributed by atoms with E-state index in [0.29, 0.717) is 29.4 Å². The van der Waals surface area contributed by atoms with Crippen molar-refractivity contribution in [2.45, 2.75) is 25.7 Å². The predicted octanol–water partition coefficient (Wildman–Crippen LogP) is 8.54. The lowest BCUT2D eigenvalue weighted by Crippen LogP contribution is -2.33. The molecule has 0 saturated heterocycles. The lowest BCUT2D eigenvalue weighted by molar-refractivity contribution is 0.104. The molecule has 246 valence electrons. The Hall–Kier alpha value is -4.86. The number of rotatable bonds is 17. The second-order valence-electron chi connectivity index (χ2n) is 11.5. The topological polar surface area (TPSA) is 54.0 Å². The molecule has 0 fully saturated rings. The largest absolute Gasteiger partial charge is 0.494 e. The van der Waals surface area contributed by atoms with Crippen LogP contribution < -0.4 is 34.9 Å². The SMILES string of the molecule is COc1cc(C(=O)/C=C/c2ccc(OCCCCCC[P+](c3ccccc3)(c3ccccc3)c3ccccc3)cc2)cc(OC)c1OC. The van der Waals surface area contributed by atoms with E-state index < -0.39 is 7.26 Å². The number of ketones is 1. The third-order valence-corrected chi connectivity index (χ3v) is 13.0. The van der Waals surface area contributed by atoms with Gasteiger partial charge in [-0.05, 0) is 98.0 Å². The van der Waals surface area contributed by atoms with Crippen LogP contribution in [0, 0.1) is 0 Å². The summed E-state index contributed by atoms with van der Waals surface area (Å²) in [5.41, 5.74) is 1.36. The van der Waals surface area contributed by atoms with Crippen molar-refractivity contribution in [1.29, 1.82) is 0 Å². The smallest absolute Gasteiger partial charge is 0.203 e. The molecule has 5 aromatic carbocycles. The Balaban J connectivity index is 1.13. The minimum Gasteiger partial charge on any atom is -0.494 e. The molecule has 0 bridgehead atoms. The standard InChI is InChI=1S/C42H44O5P/c1-44-40-31-34(32-41(45-2)42(40)46-3)39(43)28-25-33-23-26-35(27-24-33)47-29-15-4-5-16-30-48(36-17-9-6-10-18-36,37-19-11-7-12-20-37)38-21-13-8-14-22-38/h6-14,17-28,31-32H,4-5,15-16,29-30H2,1-3H3/q+1/b28-25+. The quantitative estimate of drug-likeness (QED) is 0.0434. The molecule has 0 saturated carbocycles. The van der Waals surface area contributed by atoms with Crippen LogP contribution in [0.2, 0.25) is 0 Å². The molecule has 0 heterocycles. The highest BCUT2D eigenvalue weighted by molar-refractivity contribution is 7.95. The van der Waals surface area contributed by atoms with E-state index in [2.05, 4.69) is 91.0 Å². The lowest BCUT2D eigenvalue weighted by Gasteiger charge is -2.27. The fourth-order valence-electron chi connectivity index (χ4n) is 6.04. The monoisotopic (exact) mass is 659 g/mol. The van der Waals surface area contributed by atoms with Gasteiger partial charge in [-0.2, -0.15) is 0 Å². The maximum atomic E-state index is 12.9. The van der Waals surface area contributed by atoms with Crippen molar-refractivity contribution in [2.24, 2.45) is 0 Å². The van der Waals surface area contributed by atoms with Crippen molar-refractivity contribution in [2.75, 3.05) is 34.1 Å². The zero-order valence-electron chi connectivity index (χ0n) is 28.0. The molecule has 5 rings (SSSR count). The van der Waals surface area contributed by atoms with Crippen LogP contribution in [0.5, 0.6) is 23.0 Å². The fourth-order valence-corrected chi connectivity index (χ4v) is 10.5. The van der Waals surface area contributed by atoms with Crippen LogP contribution in [-0.2, 0) is 0 Å². The molecule has 0 spiro atoms. The Morgan fingerprint density at radius 1 is 0.604 bits per heavy atom. The second-order valence-corrected chi connectivity index (χ2v) is 15.1. The number of hydrogen-bond donors (Lipinski definition) is 0. The summed E-state index contributed by atoms with van der Waals surface area (Å²) in [6.45, 7) is 0.672. The molecule has 0 N–H and O–H groups in total. The van der Waals surface area contributed by atoms with Gasteiger partial charge in [0, 0.05) is 5.56 Å². The molecule has 5 aromatic rings. The van der Waals surface area contributed by atoms with Crippen LogP contribution in [0.1, 0.15) is 41.6 Å². The Morgan fingerprint density at radius 2 is 1.10 bits per heavy atom.